The number of hydrogen-bond acceptors (Lipinski definition) is 18. The fourth-order valence-corrected chi connectivity index (χ4v) is 10.00. The normalized spacial score (nSPS) is 17.8. The van der Waals surface area contributed by atoms with Crippen LogP contribution >= 0.6 is 46.2 Å². The number of carbonyl (C=O) groups is 5. The molecule has 22 heteroatoms. The van der Waals surface area contributed by atoms with Gasteiger partial charge in [0, 0.05) is 17.2 Å². The van der Waals surface area contributed by atoms with Gasteiger partial charge in [0.2, 0.25) is 0 Å². The number of hydrogen-bond donors (Lipinski definition) is 0. The first-order valence-electron chi connectivity index (χ1n) is 14.0. The maximum atomic E-state index is 13.7. The predicted molar refractivity (Wildman–Crippen MR) is 173 cm³/mol. The van der Waals surface area contributed by atoms with Crippen LogP contribution in [0.25, 0.3) is 10.5 Å². The molecule has 0 aliphatic carbocycles. The lowest BCUT2D eigenvalue weighted by Crippen LogP contribution is -2.41. The molecule has 0 unspecified atom stereocenters. The Kier molecular flexibility index (Phi) is 10.6. The summed E-state index contributed by atoms with van der Waals surface area (Å²) in [5, 5.41) is 33.9. The second-order valence-electron chi connectivity index (χ2n) is 10.5. The molecule has 2 aromatic heterocycles. The number of thiazole rings is 2. The number of anilines is 1. The van der Waals surface area contributed by atoms with E-state index in [9.17, 15) is 61.9 Å². The van der Waals surface area contributed by atoms with Crippen molar-refractivity contribution >= 4 is 102 Å². The summed E-state index contributed by atoms with van der Waals surface area (Å²) in [6.07, 6.45) is 1.58. The number of fused-ring (bicyclic) bond motifs is 1. The van der Waals surface area contributed by atoms with Crippen LogP contribution in [-0.2, 0) is 42.4 Å². The van der Waals surface area contributed by atoms with Crippen LogP contribution in [0.4, 0.5) is 10.5 Å². The minimum absolute atomic E-state index is 0.00607. The zero-order valence-corrected chi connectivity index (χ0v) is 29.3. The number of amides is 2. The van der Waals surface area contributed by atoms with Gasteiger partial charge in [-0.15, -0.1) is 22.7 Å². The number of aliphatic carboxylic acids is 3. The second-order valence-corrected chi connectivity index (χ2v) is 16.0. The summed E-state index contributed by atoms with van der Waals surface area (Å²) in [5.41, 5.74) is -0.920. The summed E-state index contributed by atoms with van der Waals surface area (Å²) in [4.78, 5) is 89.6. The lowest BCUT2D eigenvalue weighted by Gasteiger charge is -2.21. The fraction of sp³-hybridized carbons (Fsp3) is 0.250. The smallest absolute Gasteiger partial charge is 0.294 e. The Morgan fingerprint density at radius 3 is 2.06 bits per heavy atom. The molecular formula is C28H20N4O13S5-4. The van der Waals surface area contributed by atoms with Gasteiger partial charge in [-0.05, 0) is 48.9 Å². The van der Waals surface area contributed by atoms with Crippen molar-refractivity contribution in [3.8, 4) is 0 Å². The van der Waals surface area contributed by atoms with E-state index in [0.29, 0.717) is 48.4 Å². The first kappa shape index (κ1) is 36.8. The van der Waals surface area contributed by atoms with Crippen molar-refractivity contribution in [3.63, 3.8) is 0 Å². The first-order valence-corrected chi connectivity index (χ1v) is 18.8. The van der Waals surface area contributed by atoms with Gasteiger partial charge >= 0.3 is 0 Å². The van der Waals surface area contributed by atoms with Gasteiger partial charge < -0.3 is 39.2 Å². The van der Waals surface area contributed by atoms with Crippen LogP contribution in [0.15, 0.2) is 49.9 Å². The molecular weight excluding hydrogens is 761 g/mol. The fourth-order valence-electron chi connectivity index (χ4n) is 4.92. The highest BCUT2D eigenvalue weighted by Crippen LogP contribution is 2.46. The maximum absolute atomic E-state index is 13.7. The Morgan fingerprint density at radius 1 is 0.820 bits per heavy atom. The highest BCUT2D eigenvalue weighted by atomic mass is 32.2. The topological polar surface area (TPSA) is 262 Å². The van der Waals surface area contributed by atoms with Crippen LogP contribution in [0, 0.1) is 9.20 Å². The van der Waals surface area contributed by atoms with Crippen LogP contribution in [0.1, 0.15) is 13.3 Å². The van der Waals surface area contributed by atoms with Crippen LogP contribution in [-0.4, -0.2) is 74.9 Å². The maximum Gasteiger partial charge on any atom is 0.294 e. The van der Waals surface area contributed by atoms with Crippen molar-refractivity contribution < 1.29 is 52.3 Å². The average molecular weight is 781 g/mol. The van der Waals surface area contributed by atoms with E-state index >= 15 is 0 Å². The largest absolute Gasteiger partial charge is 0.748 e. The lowest BCUT2D eigenvalue weighted by molar-refractivity contribution is -0.307. The van der Waals surface area contributed by atoms with Crippen molar-refractivity contribution in [1.82, 2.24) is 14.0 Å². The highest BCUT2D eigenvalue weighted by molar-refractivity contribution is 8.23. The van der Waals surface area contributed by atoms with Gasteiger partial charge in [0.1, 0.15) is 18.8 Å². The van der Waals surface area contributed by atoms with Gasteiger partial charge in [0.25, 0.3) is 22.3 Å². The van der Waals surface area contributed by atoms with E-state index in [0.717, 1.165) is 9.46 Å². The summed E-state index contributed by atoms with van der Waals surface area (Å²) in [5.74, 6) is -6.99. The molecule has 3 aromatic rings. The Morgan fingerprint density at radius 2 is 1.44 bits per heavy atom. The van der Waals surface area contributed by atoms with Gasteiger partial charge in [0.15, 0.2) is 0 Å². The van der Waals surface area contributed by atoms with E-state index in [-0.39, 0.29) is 43.1 Å². The monoisotopic (exact) mass is 780 g/mol. The van der Waals surface area contributed by atoms with E-state index in [1.165, 1.54) is 18.7 Å². The van der Waals surface area contributed by atoms with Gasteiger partial charge in [-0.1, -0.05) is 23.9 Å². The van der Waals surface area contributed by atoms with Crippen LogP contribution in [0.3, 0.4) is 0 Å². The molecule has 1 fully saturated rings. The van der Waals surface area contributed by atoms with Gasteiger partial charge in [0.05, 0.1) is 62.9 Å². The highest BCUT2D eigenvalue weighted by Gasteiger charge is 2.37. The van der Waals surface area contributed by atoms with Crippen molar-refractivity contribution in [2.45, 2.75) is 31.3 Å². The zero-order chi connectivity index (χ0) is 36.7. The van der Waals surface area contributed by atoms with E-state index < -0.39 is 80.6 Å². The molecule has 1 aromatic carbocycles. The second kappa shape index (κ2) is 14.4. The molecule has 0 radical (unpaired) electrons. The number of carboxylic acid groups (broad SMARTS) is 3. The number of benzene rings is 1. The minimum atomic E-state index is -4.48. The number of aromatic nitrogens is 2. The lowest BCUT2D eigenvalue weighted by atomic mass is 10.2. The van der Waals surface area contributed by atoms with Gasteiger partial charge in [-0.25, -0.2) is 8.42 Å². The summed E-state index contributed by atoms with van der Waals surface area (Å²) in [6, 6.07) is 7.13. The van der Waals surface area contributed by atoms with Gasteiger partial charge in [-0.2, -0.15) is 0 Å². The number of carboxylic acids is 3. The first-order chi connectivity index (χ1) is 23.5. The Labute approximate surface area is 296 Å². The third-order valence-electron chi connectivity index (χ3n) is 6.98. The van der Waals surface area contributed by atoms with Crippen LogP contribution < -0.4 is 40.5 Å². The number of allylic oxidation sites excluding steroid dienone is 1. The molecule has 5 rings (SSSR count). The quantitative estimate of drug-likeness (QED) is 0.168. The predicted octanol–water partition coefficient (Wildman–Crippen LogP) is -3.97. The Bertz CT molecular complexity index is 2480. The molecule has 2 aliphatic heterocycles. The number of para-hydroxylation sites is 1. The molecule has 0 spiro atoms. The Balaban J connectivity index is 1.76. The van der Waals surface area contributed by atoms with E-state index in [2.05, 4.69) is 0 Å². The zero-order valence-electron chi connectivity index (χ0n) is 25.3. The molecule has 2 amide bonds. The SMILES string of the molecule is CC(/C=C1/Sc2ccccc2N1CCCS(=O)(=O)[O-])=c1/s/c(=c2\s/c(=C3\SC(=O)N(CC(=O)[O-])C3=O)n(CC(=O)[O-])c2=O)n(CC(=O)[O-])c1=O. The average Bonchev–Trinajstić information content (AvgIpc) is 3.70. The molecule has 50 heavy (non-hydrogen) atoms. The number of imide groups is 1. The van der Waals surface area contributed by atoms with Crippen molar-refractivity contribution in [2.75, 3.05) is 23.7 Å². The summed E-state index contributed by atoms with van der Waals surface area (Å²) in [6.45, 7) is -1.59. The number of carbonyl (C=O) groups excluding carboxylic acids is 5. The molecule has 0 atom stereocenters. The van der Waals surface area contributed by atoms with Gasteiger partial charge in [-0.3, -0.25) is 33.2 Å². The third kappa shape index (κ3) is 7.63. The molecule has 4 heterocycles. The van der Waals surface area contributed by atoms with Crippen LogP contribution in [0.2, 0.25) is 0 Å². The summed E-state index contributed by atoms with van der Waals surface area (Å²) < 4.78 is 34.0. The molecule has 0 saturated carbocycles. The minimum Gasteiger partial charge on any atom is -0.748 e. The number of thioether (sulfide) groups is 2. The van der Waals surface area contributed by atoms with Crippen molar-refractivity contribution in [2.24, 2.45) is 0 Å². The van der Waals surface area contributed by atoms with Crippen molar-refractivity contribution in [1.29, 1.82) is 0 Å². The summed E-state index contributed by atoms with van der Waals surface area (Å²) >= 11 is 2.70. The molecule has 17 nitrogen and oxygen atoms in total. The molecule has 0 N–H and O–H groups in total. The number of rotatable bonds is 11. The standard InChI is InChI=1S/C28H24N4O13S5/c1-13(9-16-29(7-4-8-50(43,44)45)14-5-2-3-6-15(14)46-16)20-23(39)30(10-17(33)34)26(47-20)21-24(40)31(11-18(35)36)27(48-21)22-25(41)32(12-19(37)38)28(42)49-22/h2-3,5-6,9H,4,7-8,10-12H2,1H3,(H,33,34)(H,35,36)(H,37,38)(H,43,44,45)/p-4/b16-9+,20-13-,26-21-,27-22-. The van der Waals surface area contributed by atoms with Crippen LogP contribution in [0.5, 0.6) is 0 Å². The molecule has 0 bridgehead atoms. The molecule has 1 saturated heterocycles. The van der Waals surface area contributed by atoms with E-state index in [1.54, 1.807) is 29.2 Å². The van der Waals surface area contributed by atoms with Crippen molar-refractivity contribution in [3.05, 3.63) is 74.5 Å². The molecule has 2 aliphatic rings. The number of nitrogens with zero attached hydrogens (tertiary/aromatic N) is 4. The van der Waals surface area contributed by atoms with E-state index in [1.807, 2.05) is 6.07 Å². The summed E-state index contributed by atoms with van der Waals surface area (Å²) in [7, 11) is -4.48. The molecule has 264 valence electrons. The van der Waals surface area contributed by atoms with E-state index in [4.69, 9.17) is 0 Å². The Hall–Kier alpha value is -4.48. The third-order valence-corrected chi connectivity index (χ3v) is 12.6.